The topological polar surface area (TPSA) is 39.9 Å². The van der Waals surface area contributed by atoms with Crippen LogP contribution in [0.15, 0.2) is 0 Å². The number of nitriles is 1. The molecule has 0 radical (unpaired) electrons. The highest BCUT2D eigenvalue weighted by atomic mass is 32.1. The number of nitrogens with zero attached hydrogens (tertiary/aromatic N) is 3. The van der Waals surface area contributed by atoms with Gasteiger partial charge in [0.2, 0.25) is 0 Å². The second-order valence-corrected chi connectivity index (χ2v) is 5.91. The molecule has 0 bridgehead atoms. The predicted octanol–water partition coefficient (Wildman–Crippen LogP) is 2.81. The highest BCUT2D eigenvalue weighted by molar-refractivity contribution is 7.12. The molecule has 1 aromatic rings. The first-order valence-electron chi connectivity index (χ1n) is 6.34. The summed E-state index contributed by atoms with van der Waals surface area (Å²) in [5, 5.41) is 10.1. The molecule has 0 saturated carbocycles. The SMILES string of the molecule is CCc1nc(CN2CCCC(C)C2)sc1C#N. The van der Waals surface area contributed by atoms with Crippen LogP contribution in [0.1, 0.15) is 42.3 Å². The normalized spacial score (nSPS) is 21.4. The second-order valence-electron chi connectivity index (χ2n) is 4.83. The van der Waals surface area contributed by atoms with E-state index in [0.29, 0.717) is 0 Å². The smallest absolute Gasteiger partial charge is 0.128 e. The zero-order valence-corrected chi connectivity index (χ0v) is 11.4. The third kappa shape index (κ3) is 3.05. The molecule has 1 aromatic heterocycles. The van der Waals surface area contributed by atoms with Crippen LogP contribution in [0.25, 0.3) is 0 Å². The molecule has 2 rings (SSSR count). The van der Waals surface area contributed by atoms with Crippen molar-refractivity contribution in [2.75, 3.05) is 13.1 Å². The Hall–Kier alpha value is -0.920. The van der Waals surface area contributed by atoms with E-state index in [1.807, 2.05) is 0 Å². The van der Waals surface area contributed by atoms with Crippen LogP contribution in [0, 0.1) is 17.2 Å². The maximum Gasteiger partial charge on any atom is 0.128 e. The van der Waals surface area contributed by atoms with Gasteiger partial charge in [0.05, 0.1) is 12.2 Å². The molecule has 3 nitrogen and oxygen atoms in total. The highest BCUT2D eigenvalue weighted by Crippen LogP contribution is 2.22. The van der Waals surface area contributed by atoms with Gasteiger partial charge in [-0.1, -0.05) is 13.8 Å². The van der Waals surface area contributed by atoms with Crippen molar-refractivity contribution in [3.05, 3.63) is 15.6 Å². The van der Waals surface area contributed by atoms with E-state index in [0.717, 1.165) is 34.5 Å². The van der Waals surface area contributed by atoms with Crippen LogP contribution in [-0.2, 0) is 13.0 Å². The highest BCUT2D eigenvalue weighted by Gasteiger charge is 2.18. The second kappa shape index (κ2) is 5.61. The summed E-state index contributed by atoms with van der Waals surface area (Å²) in [5.74, 6) is 0.796. The maximum atomic E-state index is 9.02. The van der Waals surface area contributed by atoms with E-state index in [9.17, 15) is 0 Å². The summed E-state index contributed by atoms with van der Waals surface area (Å²) < 4.78 is 0. The zero-order chi connectivity index (χ0) is 12.3. The average molecular weight is 249 g/mol. The summed E-state index contributed by atoms with van der Waals surface area (Å²) in [4.78, 5) is 7.84. The van der Waals surface area contributed by atoms with Crippen LogP contribution >= 0.6 is 11.3 Å². The fraction of sp³-hybridized carbons (Fsp3) is 0.692. The summed E-state index contributed by atoms with van der Waals surface area (Å²) in [5.41, 5.74) is 0.970. The first-order chi connectivity index (χ1) is 8.22. The van der Waals surface area contributed by atoms with Crippen molar-refractivity contribution in [3.8, 4) is 6.07 Å². The molecular formula is C13H19N3S. The predicted molar refractivity (Wildman–Crippen MR) is 69.9 cm³/mol. The third-order valence-corrected chi connectivity index (χ3v) is 4.27. The van der Waals surface area contributed by atoms with Gasteiger partial charge in [-0.05, 0) is 31.7 Å². The number of rotatable bonds is 3. The number of piperidine rings is 1. The lowest BCUT2D eigenvalue weighted by atomic mass is 10.0. The van der Waals surface area contributed by atoms with Crippen LogP contribution in [0.2, 0.25) is 0 Å². The minimum absolute atomic E-state index is 0.796. The Kier molecular flexibility index (Phi) is 4.14. The Balaban J connectivity index is 2.03. The first-order valence-corrected chi connectivity index (χ1v) is 7.15. The van der Waals surface area contributed by atoms with Crippen molar-refractivity contribution in [1.29, 1.82) is 5.26 Å². The quantitative estimate of drug-likeness (QED) is 0.827. The number of hydrogen-bond donors (Lipinski definition) is 0. The number of likely N-dealkylation sites (tertiary alicyclic amines) is 1. The Morgan fingerprint density at radius 3 is 3.00 bits per heavy atom. The van der Waals surface area contributed by atoms with Gasteiger partial charge in [-0.3, -0.25) is 4.90 Å². The Morgan fingerprint density at radius 1 is 1.59 bits per heavy atom. The molecule has 4 heteroatoms. The van der Waals surface area contributed by atoms with E-state index in [4.69, 9.17) is 5.26 Å². The van der Waals surface area contributed by atoms with Gasteiger partial charge in [0.25, 0.3) is 0 Å². The number of aromatic nitrogens is 1. The zero-order valence-electron chi connectivity index (χ0n) is 10.6. The van der Waals surface area contributed by atoms with Crippen LogP contribution in [-0.4, -0.2) is 23.0 Å². The van der Waals surface area contributed by atoms with E-state index in [1.54, 1.807) is 11.3 Å². The fourth-order valence-corrected chi connectivity index (χ4v) is 3.41. The third-order valence-electron chi connectivity index (χ3n) is 3.28. The molecule has 0 aliphatic carbocycles. The van der Waals surface area contributed by atoms with Crippen LogP contribution < -0.4 is 0 Å². The molecule has 1 fully saturated rings. The molecule has 92 valence electrons. The monoisotopic (exact) mass is 249 g/mol. The van der Waals surface area contributed by atoms with Crippen molar-refractivity contribution in [2.45, 2.75) is 39.7 Å². The van der Waals surface area contributed by atoms with E-state index < -0.39 is 0 Å². The van der Waals surface area contributed by atoms with Crippen molar-refractivity contribution in [2.24, 2.45) is 5.92 Å². The van der Waals surface area contributed by atoms with Crippen molar-refractivity contribution in [1.82, 2.24) is 9.88 Å². The Morgan fingerprint density at radius 2 is 2.41 bits per heavy atom. The van der Waals surface area contributed by atoms with Crippen LogP contribution in [0.4, 0.5) is 0 Å². The van der Waals surface area contributed by atoms with E-state index in [-0.39, 0.29) is 0 Å². The summed E-state index contributed by atoms with van der Waals surface area (Å²) in [6.07, 6.45) is 3.49. The molecule has 1 atom stereocenters. The van der Waals surface area contributed by atoms with Gasteiger partial charge < -0.3 is 0 Å². The van der Waals surface area contributed by atoms with Crippen LogP contribution in [0.3, 0.4) is 0 Å². The Labute approximate surface area is 107 Å². The van der Waals surface area contributed by atoms with E-state index in [2.05, 4.69) is 29.8 Å². The van der Waals surface area contributed by atoms with Gasteiger partial charge in [0.1, 0.15) is 16.0 Å². The van der Waals surface area contributed by atoms with E-state index >= 15 is 0 Å². The summed E-state index contributed by atoms with van der Waals surface area (Å²) >= 11 is 1.57. The summed E-state index contributed by atoms with van der Waals surface area (Å²) in [6, 6.07) is 2.25. The Bertz CT molecular complexity index is 419. The molecule has 0 amide bonds. The molecule has 1 aliphatic heterocycles. The molecule has 0 spiro atoms. The number of hydrogen-bond acceptors (Lipinski definition) is 4. The van der Waals surface area contributed by atoms with Gasteiger partial charge in [-0.25, -0.2) is 4.98 Å². The number of thiazole rings is 1. The molecule has 0 N–H and O–H groups in total. The summed E-state index contributed by atoms with van der Waals surface area (Å²) in [7, 11) is 0. The van der Waals surface area contributed by atoms with Gasteiger partial charge >= 0.3 is 0 Å². The lowest BCUT2D eigenvalue weighted by molar-refractivity contribution is 0.176. The van der Waals surface area contributed by atoms with Gasteiger partial charge in [0.15, 0.2) is 0 Å². The molecule has 2 heterocycles. The fourth-order valence-electron chi connectivity index (χ4n) is 2.42. The molecule has 1 unspecified atom stereocenters. The number of aryl methyl sites for hydroxylation is 1. The van der Waals surface area contributed by atoms with Gasteiger partial charge in [-0.15, -0.1) is 11.3 Å². The molecule has 1 aliphatic rings. The van der Waals surface area contributed by atoms with E-state index in [1.165, 1.54) is 25.9 Å². The minimum Gasteiger partial charge on any atom is -0.296 e. The van der Waals surface area contributed by atoms with Gasteiger partial charge in [0, 0.05) is 6.54 Å². The van der Waals surface area contributed by atoms with Crippen molar-refractivity contribution in [3.63, 3.8) is 0 Å². The molecule has 1 saturated heterocycles. The average Bonchev–Trinajstić information content (AvgIpc) is 2.71. The van der Waals surface area contributed by atoms with Crippen molar-refractivity contribution >= 4 is 11.3 Å². The first kappa shape index (κ1) is 12.5. The van der Waals surface area contributed by atoms with Crippen LogP contribution in [0.5, 0.6) is 0 Å². The molecular weight excluding hydrogens is 230 g/mol. The maximum absolute atomic E-state index is 9.02. The van der Waals surface area contributed by atoms with Gasteiger partial charge in [-0.2, -0.15) is 5.26 Å². The standard InChI is InChI=1S/C13H19N3S/c1-3-11-12(7-14)17-13(15-11)9-16-6-4-5-10(2)8-16/h10H,3-6,8-9H2,1-2H3. The van der Waals surface area contributed by atoms with Crippen molar-refractivity contribution < 1.29 is 0 Å². The lowest BCUT2D eigenvalue weighted by Gasteiger charge is -2.29. The lowest BCUT2D eigenvalue weighted by Crippen LogP contribution is -2.33. The molecule has 0 aromatic carbocycles. The molecule has 17 heavy (non-hydrogen) atoms. The largest absolute Gasteiger partial charge is 0.296 e. The summed E-state index contributed by atoms with van der Waals surface area (Å²) in [6.45, 7) is 7.63. The minimum atomic E-state index is 0.796.